The highest BCUT2D eigenvalue weighted by atomic mass is 19.1. The zero-order valence-electron chi connectivity index (χ0n) is 18.0. The Hall–Kier alpha value is -3.89. The van der Waals surface area contributed by atoms with Crippen LogP contribution in [-0.4, -0.2) is 73.4 Å². The molecule has 2 saturated heterocycles. The van der Waals surface area contributed by atoms with E-state index in [0.717, 1.165) is 0 Å². The molecule has 2 amide bonds. The van der Waals surface area contributed by atoms with Gasteiger partial charge < -0.3 is 25.0 Å². The van der Waals surface area contributed by atoms with Gasteiger partial charge in [-0.25, -0.2) is 19.0 Å². The molecule has 2 aliphatic rings. The summed E-state index contributed by atoms with van der Waals surface area (Å²) in [6, 6.07) is 7.83. The molecule has 33 heavy (non-hydrogen) atoms. The van der Waals surface area contributed by atoms with Gasteiger partial charge in [0.15, 0.2) is 0 Å². The Labute approximate surface area is 189 Å². The lowest BCUT2D eigenvalue weighted by atomic mass is 10.2. The van der Waals surface area contributed by atoms with Crippen molar-refractivity contribution in [1.82, 2.24) is 10.3 Å². The van der Waals surface area contributed by atoms with Gasteiger partial charge in [-0.2, -0.15) is 0 Å². The van der Waals surface area contributed by atoms with Gasteiger partial charge in [-0.05, 0) is 30.3 Å². The number of carboxylic acid groups (broad SMARTS) is 1. The molecule has 2 N–H and O–H groups in total. The number of piperazine rings is 1. The van der Waals surface area contributed by atoms with Crippen LogP contribution in [0.15, 0.2) is 36.5 Å². The summed E-state index contributed by atoms with van der Waals surface area (Å²) in [5.41, 5.74) is 0.964. The van der Waals surface area contributed by atoms with Gasteiger partial charge in [0.25, 0.3) is 0 Å². The maximum absolute atomic E-state index is 14.9. The van der Waals surface area contributed by atoms with Crippen molar-refractivity contribution < 1.29 is 28.6 Å². The molecule has 0 bridgehead atoms. The van der Waals surface area contributed by atoms with Crippen molar-refractivity contribution in [3.63, 3.8) is 0 Å². The number of carboxylic acids is 1. The Morgan fingerprint density at radius 3 is 2.52 bits per heavy atom. The minimum Gasteiger partial charge on any atom is -0.478 e. The summed E-state index contributed by atoms with van der Waals surface area (Å²) in [4.78, 5) is 43.7. The average molecular weight is 457 g/mol. The SMILES string of the molecule is CC(=O)NCC1CN(c2ccc(N3CCN(c4ccc(C(=O)O)cn4)CC3)c(F)c2)C(=O)O1. The Morgan fingerprint density at radius 2 is 1.91 bits per heavy atom. The van der Waals surface area contributed by atoms with Crippen LogP contribution in [0.2, 0.25) is 0 Å². The summed E-state index contributed by atoms with van der Waals surface area (Å²) in [5, 5.41) is 11.6. The third-order valence-electron chi connectivity index (χ3n) is 5.63. The number of cyclic esters (lactones) is 1. The number of aromatic carboxylic acids is 1. The summed E-state index contributed by atoms with van der Waals surface area (Å²) in [6.45, 7) is 4.13. The van der Waals surface area contributed by atoms with Gasteiger partial charge in [0.05, 0.1) is 30.0 Å². The molecule has 1 aromatic heterocycles. The van der Waals surface area contributed by atoms with E-state index in [2.05, 4.69) is 10.3 Å². The summed E-state index contributed by atoms with van der Waals surface area (Å²) in [7, 11) is 0. The minimum absolute atomic E-state index is 0.128. The predicted molar refractivity (Wildman–Crippen MR) is 118 cm³/mol. The summed E-state index contributed by atoms with van der Waals surface area (Å²) in [5.74, 6) is -1.00. The number of rotatable bonds is 6. The molecule has 11 heteroatoms. The number of carbonyl (C=O) groups is 3. The third kappa shape index (κ3) is 4.97. The number of amides is 2. The number of anilines is 3. The molecular weight excluding hydrogens is 433 g/mol. The number of nitrogens with zero attached hydrogens (tertiary/aromatic N) is 4. The van der Waals surface area contributed by atoms with Crippen LogP contribution in [-0.2, 0) is 9.53 Å². The molecule has 1 aromatic carbocycles. The van der Waals surface area contributed by atoms with Crippen LogP contribution >= 0.6 is 0 Å². The molecule has 1 unspecified atom stereocenters. The molecule has 0 saturated carbocycles. The van der Waals surface area contributed by atoms with E-state index in [1.807, 2.05) is 9.80 Å². The highest BCUT2D eigenvalue weighted by Gasteiger charge is 2.33. The van der Waals surface area contributed by atoms with E-state index in [1.165, 1.54) is 30.2 Å². The third-order valence-corrected chi connectivity index (χ3v) is 5.63. The van der Waals surface area contributed by atoms with Gasteiger partial charge in [0.1, 0.15) is 17.7 Å². The lowest BCUT2D eigenvalue weighted by Gasteiger charge is -2.37. The van der Waals surface area contributed by atoms with Crippen LogP contribution < -0.4 is 20.0 Å². The van der Waals surface area contributed by atoms with Crippen molar-refractivity contribution in [2.24, 2.45) is 0 Å². The molecule has 10 nitrogen and oxygen atoms in total. The van der Waals surface area contributed by atoms with Crippen LogP contribution in [0.4, 0.5) is 26.4 Å². The Kier molecular flexibility index (Phi) is 6.29. The van der Waals surface area contributed by atoms with Gasteiger partial charge in [-0.15, -0.1) is 0 Å². The molecule has 2 aliphatic heterocycles. The normalized spacial score (nSPS) is 18.3. The number of pyridine rings is 1. The molecule has 0 radical (unpaired) electrons. The first-order valence-electron chi connectivity index (χ1n) is 10.5. The van der Waals surface area contributed by atoms with Crippen molar-refractivity contribution in [3.05, 3.63) is 47.9 Å². The van der Waals surface area contributed by atoms with Crippen molar-refractivity contribution >= 4 is 35.2 Å². The fraction of sp³-hybridized carbons (Fsp3) is 0.364. The fourth-order valence-corrected chi connectivity index (χ4v) is 3.89. The van der Waals surface area contributed by atoms with Crippen LogP contribution in [0, 0.1) is 5.82 Å². The van der Waals surface area contributed by atoms with E-state index in [0.29, 0.717) is 43.4 Å². The molecule has 3 heterocycles. The molecule has 1 atom stereocenters. The quantitative estimate of drug-likeness (QED) is 0.674. The molecular formula is C22H24FN5O5. The van der Waals surface area contributed by atoms with E-state index < -0.39 is 24.0 Å². The second kappa shape index (κ2) is 9.31. The zero-order valence-corrected chi connectivity index (χ0v) is 18.0. The topological polar surface area (TPSA) is 115 Å². The second-order valence-corrected chi connectivity index (χ2v) is 7.87. The predicted octanol–water partition coefficient (Wildman–Crippen LogP) is 1.71. The van der Waals surface area contributed by atoms with E-state index in [1.54, 1.807) is 18.2 Å². The smallest absolute Gasteiger partial charge is 0.414 e. The number of hydrogen-bond acceptors (Lipinski definition) is 7. The van der Waals surface area contributed by atoms with Crippen molar-refractivity contribution in [2.45, 2.75) is 13.0 Å². The molecule has 2 fully saturated rings. The number of aromatic nitrogens is 1. The van der Waals surface area contributed by atoms with Gasteiger partial charge in [0.2, 0.25) is 5.91 Å². The maximum Gasteiger partial charge on any atom is 0.414 e. The number of hydrogen-bond donors (Lipinski definition) is 2. The number of carbonyl (C=O) groups excluding carboxylic acids is 2. The number of halogens is 1. The van der Waals surface area contributed by atoms with Crippen molar-refractivity contribution in [3.8, 4) is 0 Å². The van der Waals surface area contributed by atoms with Crippen LogP contribution in [0.25, 0.3) is 0 Å². The average Bonchev–Trinajstić information content (AvgIpc) is 3.18. The monoisotopic (exact) mass is 457 g/mol. The van der Waals surface area contributed by atoms with E-state index in [9.17, 15) is 18.8 Å². The van der Waals surface area contributed by atoms with E-state index in [-0.39, 0.29) is 24.6 Å². The Bertz CT molecular complexity index is 1060. The lowest BCUT2D eigenvalue weighted by Crippen LogP contribution is -2.47. The van der Waals surface area contributed by atoms with Gasteiger partial charge >= 0.3 is 12.1 Å². The number of nitrogens with one attached hydrogen (secondary N) is 1. The highest BCUT2D eigenvalue weighted by Crippen LogP contribution is 2.29. The van der Waals surface area contributed by atoms with Crippen LogP contribution in [0.5, 0.6) is 0 Å². The molecule has 0 aliphatic carbocycles. The lowest BCUT2D eigenvalue weighted by molar-refractivity contribution is -0.119. The van der Waals surface area contributed by atoms with Gasteiger partial charge in [0, 0.05) is 39.3 Å². The maximum atomic E-state index is 14.9. The first kappa shape index (κ1) is 22.3. The molecule has 0 spiro atoms. The minimum atomic E-state index is -1.02. The van der Waals surface area contributed by atoms with Gasteiger partial charge in [-0.1, -0.05) is 0 Å². The van der Waals surface area contributed by atoms with Crippen molar-refractivity contribution in [1.29, 1.82) is 0 Å². The van der Waals surface area contributed by atoms with Crippen LogP contribution in [0.3, 0.4) is 0 Å². The summed E-state index contributed by atoms with van der Waals surface area (Å²) in [6.07, 6.45) is 0.259. The highest BCUT2D eigenvalue weighted by molar-refractivity contribution is 5.90. The molecule has 4 rings (SSSR count). The second-order valence-electron chi connectivity index (χ2n) is 7.87. The fourth-order valence-electron chi connectivity index (χ4n) is 3.89. The van der Waals surface area contributed by atoms with Gasteiger partial charge in [-0.3, -0.25) is 9.69 Å². The largest absolute Gasteiger partial charge is 0.478 e. The van der Waals surface area contributed by atoms with E-state index in [4.69, 9.17) is 9.84 Å². The first-order chi connectivity index (χ1) is 15.8. The zero-order chi connectivity index (χ0) is 23.5. The number of benzene rings is 1. The molecule has 2 aromatic rings. The molecule has 174 valence electrons. The van der Waals surface area contributed by atoms with Crippen LogP contribution in [0.1, 0.15) is 17.3 Å². The number of ether oxygens (including phenoxy) is 1. The standard InChI is InChI=1S/C22H24FN5O5/c1-14(29)24-12-17-13-28(22(32)33-17)16-3-4-19(18(23)10-16)26-6-8-27(9-7-26)20-5-2-15(11-25-20)21(30)31/h2-5,10-11,17H,6-9,12-13H2,1H3,(H,24,29)(H,30,31). The summed E-state index contributed by atoms with van der Waals surface area (Å²) < 4.78 is 20.2. The Morgan fingerprint density at radius 1 is 1.18 bits per heavy atom. The summed E-state index contributed by atoms with van der Waals surface area (Å²) >= 11 is 0. The van der Waals surface area contributed by atoms with E-state index >= 15 is 0 Å². The van der Waals surface area contributed by atoms with Crippen molar-refractivity contribution in [2.75, 3.05) is 54.0 Å². The Balaban J connectivity index is 1.37. The first-order valence-corrected chi connectivity index (χ1v) is 10.5.